The van der Waals surface area contributed by atoms with Gasteiger partial charge in [-0.05, 0) is 65.3 Å². The van der Waals surface area contributed by atoms with Crippen molar-refractivity contribution in [1.82, 2.24) is 9.78 Å². The molecule has 1 aromatic heterocycles. The van der Waals surface area contributed by atoms with Gasteiger partial charge in [-0.2, -0.15) is 5.10 Å². The average Bonchev–Trinajstić information content (AvgIpc) is 2.93. The molecule has 0 radical (unpaired) electrons. The van der Waals surface area contributed by atoms with E-state index in [1.165, 1.54) is 5.56 Å². The summed E-state index contributed by atoms with van der Waals surface area (Å²) in [5, 5.41) is 4.68. The zero-order valence-electron chi connectivity index (χ0n) is 17.2. The third-order valence-corrected chi connectivity index (χ3v) is 5.58. The lowest BCUT2D eigenvalue weighted by molar-refractivity contribution is 0.0703. The number of carbonyl (C=O) groups excluding carboxylic acids is 1. The van der Waals surface area contributed by atoms with Gasteiger partial charge in [-0.15, -0.1) is 0 Å². The average molecular weight is 395 g/mol. The Kier molecular flexibility index (Phi) is 5.66. The summed E-state index contributed by atoms with van der Waals surface area (Å²) < 4.78 is 7.73. The van der Waals surface area contributed by atoms with E-state index >= 15 is 0 Å². The summed E-state index contributed by atoms with van der Waals surface area (Å²) >= 11 is 1.57. The van der Waals surface area contributed by atoms with Crippen molar-refractivity contribution in [1.29, 1.82) is 0 Å². The number of aromatic nitrogens is 2. The van der Waals surface area contributed by atoms with Crippen LogP contribution in [0.3, 0.4) is 0 Å². The summed E-state index contributed by atoms with van der Waals surface area (Å²) in [6, 6.07) is 15.7. The predicted molar refractivity (Wildman–Crippen MR) is 113 cm³/mol. The van der Waals surface area contributed by atoms with Gasteiger partial charge in [-0.3, -0.25) is 0 Å². The molecule has 4 nitrogen and oxygen atoms in total. The number of benzene rings is 2. The zero-order chi connectivity index (χ0) is 20.5. The van der Waals surface area contributed by atoms with E-state index in [9.17, 15) is 4.79 Å². The van der Waals surface area contributed by atoms with Crippen molar-refractivity contribution in [3.8, 4) is 5.88 Å². The standard InChI is InChI=1S/C23H26N2O2S/c1-15-11-13-18(14-12-15)28-20-17(3)24-25(23(4,5)6)21(20)27-22(26)19-10-8-7-9-16(19)2/h7-14H,1-6H3. The van der Waals surface area contributed by atoms with Gasteiger partial charge in [-0.1, -0.05) is 47.7 Å². The number of ether oxygens (including phenoxy) is 1. The van der Waals surface area contributed by atoms with Gasteiger partial charge in [0.05, 0.1) is 21.7 Å². The van der Waals surface area contributed by atoms with Gasteiger partial charge in [0.15, 0.2) is 0 Å². The summed E-state index contributed by atoms with van der Waals surface area (Å²) in [4.78, 5) is 14.8. The third-order valence-electron chi connectivity index (χ3n) is 4.40. The molecule has 0 spiro atoms. The highest BCUT2D eigenvalue weighted by Gasteiger charge is 2.28. The van der Waals surface area contributed by atoms with E-state index in [1.807, 2.05) is 52.8 Å². The number of aryl methyl sites for hydroxylation is 3. The molecule has 5 heteroatoms. The Morgan fingerprint density at radius 2 is 1.64 bits per heavy atom. The predicted octanol–water partition coefficient (Wildman–Crippen LogP) is 5.93. The molecule has 0 unspecified atom stereocenters. The first-order valence-electron chi connectivity index (χ1n) is 9.29. The summed E-state index contributed by atoms with van der Waals surface area (Å²) in [6.45, 7) is 12.1. The lowest BCUT2D eigenvalue weighted by Gasteiger charge is -2.22. The van der Waals surface area contributed by atoms with Crippen molar-refractivity contribution in [2.24, 2.45) is 0 Å². The van der Waals surface area contributed by atoms with Crippen LogP contribution >= 0.6 is 11.8 Å². The van der Waals surface area contributed by atoms with Gasteiger partial charge in [0.2, 0.25) is 5.88 Å². The molecule has 0 saturated carbocycles. The fourth-order valence-corrected chi connectivity index (χ4v) is 3.73. The van der Waals surface area contributed by atoms with Crippen LogP contribution in [0.1, 0.15) is 48.0 Å². The number of nitrogens with zero attached hydrogens (tertiary/aromatic N) is 2. The van der Waals surface area contributed by atoms with Crippen molar-refractivity contribution < 1.29 is 9.53 Å². The second-order valence-electron chi connectivity index (χ2n) is 7.92. The van der Waals surface area contributed by atoms with Gasteiger partial charge >= 0.3 is 5.97 Å². The minimum Gasteiger partial charge on any atom is -0.403 e. The quantitative estimate of drug-likeness (QED) is 0.514. The number of carbonyl (C=O) groups is 1. The van der Waals surface area contributed by atoms with E-state index in [-0.39, 0.29) is 11.5 Å². The number of hydrogen-bond acceptors (Lipinski definition) is 4. The Hall–Kier alpha value is -2.53. The van der Waals surface area contributed by atoms with Crippen molar-refractivity contribution in [3.05, 3.63) is 70.9 Å². The number of esters is 1. The minimum atomic E-state index is -0.366. The summed E-state index contributed by atoms with van der Waals surface area (Å²) in [5.41, 5.74) is 3.18. The molecule has 0 atom stereocenters. The van der Waals surface area contributed by atoms with E-state index in [4.69, 9.17) is 4.74 Å². The summed E-state index contributed by atoms with van der Waals surface area (Å²) in [6.07, 6.45) is 0. The first-order valence-corrected chi connectivity index (χ1v) is 10.1. The highest BCUT2D eigenvalue weighted by molar-refractivity contribution is 7.99. The van der Waals surface area contributed by atoms with E-state index in [2.05, 4.69) is 36.3 Å². The molecular weight excluding hydrogens is 368 g/mol. The Morgan fingerprint density at radius 1 is 1.00 bits per heavy atom. The molecule has 0 aliphatic rings. The van der Waals surface area contributed by atoms with Gasteiger partial charge in [0.25, 0.3) is 0 Å². The van der Waals surface area contributed by atoms with Crippen LogP contribution in [0, 0.1) is 20.8 Å². The molecule has 3 aromatic rings. The second-order valence-corrected chi connectivity index (χ2v) is 9.01. The molecule has 0 fully saturated rings. The summed E-state index contributed by atoms with van der Waals surface area (Å²) in [5.74, 6) is 0.123. The Balaban J connectivity index is 2.03. The van der Waals surface area contributed by atoms with Gasteiger partial charge in [0, 0.05) is 4.90 Å². The normalized spacial score (nSPS) is 11.5. The van der Waals surface area contributed by atoms with Crippen LogP contribution in [0.4, 0.5) is 0 Å². The fourth-order valence-electron chi connectivity index (χ4n) is 2.82. The lowest BCUT2D eigenvalue weighted by Crippen LogP contribution is -2.25. The van der Waals surface area contributed by atoms with Gasteiger partial charge < -0.3 is 4.74 Å². The van der Waals surface area contributed by atoms with E-state index in [0.29, 0.717) is 11.4 Å². The van der Waals surface area contributed by atoms with Gasteiger partial charge in [0.1, 0.15) is 0 Å². The Labute approximate surface area is 170 Å². The van der Waals surface area contributed by atoms with Crippen molar-refractivity contribution in [2.45, 2.75) is 56.9 Å². The van der Waals surface area contributed by atoms with Crippen LogP contribution in [0.2, 0.25) is 0 Å². The molecule has 1 heterocycles. The highest BCUT2D eigenvalue weighted by Crippen LogP contribution is 2.40. The maximum atomic E-state index is 12.9. The largest absolute Gasteiger partial charge is 0.403 e. The molecule has 0 amide bonds. The van der Waals surface area contributed by atoms with Crippen molar-refractivity contribution >= 4 is 17.7 Å². The molecule has 0 bridgehead atoms. The molecule has 2 aromatic carbocycles. The van der Waals surface area contributed by atoms with Crippen LogP contribution in [-0.2, 0) is 5.54 Å². The topological polar surface area (TPSA) is 44.1 Å². The molecule has 0 aliphatic heterocycles. The van der Waals surface area contributed by atoms with Gasteiger partial charge in [-0.25, -0.2) is 9.48 Å². The Morgan fingerprint density at radius 3 is 2.25 bits per heavy atom. The van der Waals surface area contributed by atoms with E-state index in [1.54, 1.807) is 22.5 Å². The fraction of sp³-hybridized carbons (Fsp3) is 0.304. The number of rotatable bonds is 4. The monoisotopic (exact) mass is 394 g/mol. The maximum Gasteiger partial charge on any atom is 0.345 e. The van der Waals surface area contributed by atoms with Crippen molar-refractivity contribution in [3.63, 3.8) is 0 Å². The third kappa shape index (κ3) is 4.30. The zero-order valence-corrected chi connectivity index (χ0v) is 18.1. The van der Waals surface area contributed by atoms with Crippen molar-refractivity contribution in [2.75, 3.05) is 0 Å². The maximum absolute atomic E-state index is 12.9. The smallest absolute Gasteiger partial charge is 0.345 e. The first kappa shape index (κ1) is 20.2. The Bertz CT molecular complexity index is 998. The van der Waals surface area contributed by atoms with E-state index in [0.717, 1.165) is 21.0 Å². The lowest BCUT2D eigenvalue weighted by atomic mass is 10.1. The van der Waals surface area contributed by atoms with Crippen LogP contribution in [-0.4, -0.2) is 15.7 Å². The minimum absolute atomic E-state index is 0.321. The molecule has 0 aliphatic carbocycles. The SMILES string of the molecule is Cc1ccc(Sc2c(C)nn(C(C)(C)C)c2OC(=O)c2ccccc2C)cc1. The summed E-state index contributed by atoms with van der Waals surface area (Å²) in [7, 11) is 0. The molecule has 28 heavy (non-hydrogen) atoms. The number of hydrogen-bond donors (Lipinski definition) is 0. The molecule has 146 valence electrons. The molecule has 0 N–H and O–H groups in total. The molecular formula is C23H26N2O2S. The van der Waals surface area contributed by atoms with Crippen LogP contribution in [0.5, 0.6) is 5.88 Å². The highest BCUT2D eigenvalue weighted by atomic mass is 32.2. The van der Waals surface area contributed by atoms with Crippen LogP contribution in [0.15, 0.2) is 58.3 Å². The van der Waals surface area contributed by atoms with Crippen LogP contribution < -0.4 is 4.74 Å². The van der Waals surface area contributed by atoms with Crippen LogP contribution in [0.25, 0.3) is 0 Å². The second kappa shape index (κ2) is 7.84. The first-order chi connectivity index (χ1) is 13.2. The molecule has 0 saturated heterocycles. The van der Waals surface area contributed by atoms with E-state index < -0.39 is 0 Å². The molecule has 3 rings (SSSR count).